The van der Waals surface area contributed by atoms with E-state index in [0.29, 0.717) is 12.6 Å². The smallest absolute Gasteiger partial charge is 0.315 e. The molecule has 1 aromatic rings. The molecule has 5 nitrogen and oxygen atoms in total. The first kappa shape index (κ1) is 15.9. The first-order valence-corrected chi connectivity index (χ1v) is 9.25. The van der Waals surface area contributed by atoms with Crippen LogP contribution in [0.3, 0.4) is 0 Å². The first-order valence-electron chi connectivity index (χ1n) is 9.25. The average molecular weight is 329 g/mol. The van der Waals surface area contributed by atoms with Crippen LogP contribution in [0.4, 0.5) is 4.79 Å². The van der Waals surface area contributed by atoms with Gasteiger partial charge in [0.05, 0.1) is 12.7 Å². The summed E-state index contributed by atoms with van der Waals surface area (Å²) < 4.78 is 5.93. The van der Waals surface area contributed by atoms with Gasteiger partial charge < -0.3 is 15.4 Å². The summed E-state index contributed by atoms with van der Waals surface area (Å²) in [5, 5.41) is 6.10. The molecule has 4 rings (SSSR count). The number of amides is 2. The number of hydrogen-bond donors (Lipinski definition) is 2. The molecule has 5 heteroatoms. The summed E-state index contributed by atoms with van der Waals surface area (Å²) >= 11 is 0. The summed E-state index contributed by atoms with van der Waals surface area (Å²) in [6, 6.07) is 9.17. The summed E-state index contributed by atoms with van der Waals surface area (Å²) in [5.74, 6) is 0. The lowest BCUT2D eigenvalue weighted by molar-refractivity contribution is -0.0723. The number of fused-ring (bicyclic) bond motifs is 2. The second-order valence-electron chi connectivity index (χ2n) is 7.33. The quantitative estimate of drug-likeness (QED) is 0.888. The third-order valence-electron chi connectivity index (χ3n) is 5.59. The van der Waals surface area contributed by atoms with E-state index in [4.69, 9.17) is 4.74 Å². The predicted molar refractivity (Wildman–Crippen MR) is 93.1 cm³/mol. The van der Waals surface area contributed by atoms with E-state index in [1.165, 1.54) is 36.9 Å². The summed E-state index contributed by atoms with van der Waals surface area (Å²) in [5.41, 5.74) is 2.71. The Hall–Kier alpha value is -1.59. The Morgan fingerprint density at radius 1 is 1.21 bits per heavy atom. The highest BCUT2D eigenvalue weighted by molar-refractivity contribution is 5.74. The van der Waals surface area contributed by atoms with Gasteiger partial charge in [0, 0.05) is 25.2 Å². The van der Waals surface area contributed by atoms with Crippen molar-refractivity contribution in [3.05, 3.63) is 35.4 Å². The van der Waals surface area contributed by atoms with E-state index in [9.17, 15) is 4.79 Å². The maximum atomic E-state index is 12.2. The molecule has 0 bridgehead atoms. The second kappa shape index (κ2) is 7.11. The van der Waals surface area contributed by atoms with E-state index in [0.717, 1.165) is 26.0 Å². The Labute approximate surface area is 143 Å². The van der Waals surface area contributed by atoms with Gasteiger partial charge in [0.15, 0.2) is 0 Å². The van der Waals surface area contributed by atoms with E-state index >= 15 is 0 Å². The maximum absolute atomic E-state index is 12.2. The van der Waals surface area contributed by atoms with Crippen molar-refractivity contribution in [1.29, 1.82) is 0 Å². The zero-order valence-corrected chi connectivity index (χ0v) is 14.2. The summed E-state index contributed by atoms with van der Waals surface area (Å²) in [4.78, 5) is 14.7. The molecule has 2 N–H and O–H groups in total. The minimum Gasteiger partial charge on any atom is -0.373 e. The summed E-state index contributed by atoms with van der Waals surface area (Å²) in [6.07, 6.45) is 5.84. The third-order valence-corrected chi connectivity index (χ3v) is 5.59. The molecule has 2 heterocycles. The van der Waals surface area contributed by atoms with Crippen LogP contribution in [0.25, 0.3) is 0 Å². The van der Waals surface area contributed by atoms with Gasteiger partial charge in [-0.25, -0.2) is 4.79 Å². The maximum Gasteiger partial charge on any atom is 0.315 e. The van der Waals surface area contributed by atoms with E-state index < -0.39 is 0 Å². The molecule has 2 amide bonds. The normalized spacial score (nSPS) is 27.3. The van der Waals surface area contributed by atoms with Crippen molar-refractivity contribution in [2.45, 2.75) is 50.3 Å². The molecule has 2 saturated heterocycles. The average Bonchev–Trinajstić information content (AvgIpc) is 3.02. The molecule has 0 saturated carbocycles. The second-order valence-corrected chi connectivity index (χ2v) is 7.33. The fraction of sp³-hybridized carbons (Fsp3) is 0.632. The minimum absolute atomic E-state index is 0.0721. The molecule has 130 valence electrons. The van der Waals surface area contributed by atoms with Crippen LogP contribution in [0.2, 0.25) is 0 Å². The van der Waals surface area contributed by atoms with Crippen LogP contribution in [0, 0.1) is 0 Å². The lowest BCUT2D eigenvalue weighted by atomic mass is 10.0. The fourth-order valence-corrected chi connectivity index (χ4v) is 4.28. The SMILES string of the molecule is O=C(NC[C@@H]1CN2CCCC[C@@H]2CO1)NC1Cc2ccccc2C1. The number of nitrogens with zero attached hydrogens (tertiary/aromatic N) is 1. The zero-order valence-electron chi connectivity index (χ0n) is 14.2. The Kier molecular flexibility index (Phi) is 4.72. The van der Waals surface area contributed by atoms with Crippen molar-refractivity contribution in [2.75, 3.05) is 26.2 Å². The number of nitrogens with one attached hydrogen (secondary N) is 2. The van der Waals surface area contributed by atoms with Crippen LogP contribution >= 0.6 is 0 Å². The topological polar surface area (TPSA) is 53.6 Å². The predicted octanol–water partition coefficient (Wildman–Crippen LogP) is 1.71. The minimum atomic E-state index is -0.0721. The first-order chi connectivity index (χ1) is 11.8. The van der Waals surface area contributed by atoms with Crippen LogP contribution in [0.5, 0.6) is 0 Å². The summed E-state index contributed by atoms with van der Waals surface area (Å²) in [7, 11) is 0. The number of piperidine rings is 1. The highest BCUT2D eigenvalue weighted by Crippen LogP contribution is 2.22. The van der Waals surface area contributed by atoms with Gasteiger partial charge in [-0.1, -0.05) is 30.7 Å². The molecular weight excluding hydrogens is 302 g/mol. The van der Waals surface area contributed by atoms with Gasteiger partial charge in [-0.05, 0) is 43.4 Å². The largest absolute Gasteiger partial charge is 0.373 e. The lowest BCUT2D eigenvalue weighted by Crippen LogP contribution is -2.55. The van der Waals surface area contributed by atoms with Crippen molar-refractivity contribution in [1.82, 2.24) is 15.5 Å². The number of urea groups is 1. The Bertz CT molecular complexity index is 567. The van der Waals surface area contributed by atoms with Gasteiger partial charge in [-0.2, -0.15) is 0 Å². The van der Waals surface area contributed by atoms with Crippen LogP contribution in [0.1, 0.15) is 30.4 Å². The highest BCUT2D eigenvalue weighted by Gasteiger charge is 2.31. The Morgan fingerprint density at radius 3 is 2.79 bits per heavy atom. The number of ether oxygens (including phenoxy) is 1. The van der Waals surface area contributed by atoms with Gasteiger partial charge in [0.1, 0.15) is 0 Å². The van der Waals surface area contributed by atoms with Crippen molar-refractivity contribution in [3.63, 3.8) is 0 Å². The van der Waals surface area contributed by atoms with E-state index in [-0.39, 0.29) is 18.2 Å². The van der Waals surface area contributed by atoms with Gasteiger partial charge in [-0.3, -0.25) is 4.90 Å². The molecular formula is C19H27N3O2. The van der Waals surface area contributed by atoms with Gasteiger partial charge in [0.25, 0.3) is 0 Å². The van der Waals surface area contributed by atoms with Crippen molar-refractivity contribution >= 4 is 6.03 Å². The monoisotopic (exact) mass is 329 g/mol. The summed E-state index contributed by atoms with van der Waals surface area (Å²) in [6.45, 7) is 3.53. The molecule has 1 aromatic carbocycles. The van der Waals surface area contributed by atoms with Crippen LogP contribution in [-0.2, 0) is 17.6 Å². The van der Waals surface area contributed by atoms with Crippen LogP contribution in [0.15, 0.2) is 24.3 Å². The molecule has 1 aliphatic carbocycles. The number of rotatable bonds is 3. The highest BCUT2D eigenvalue weighted by atomic mass is 16.5. The number of benzene rings is 1. The number of morpholine rings is 1. The lowest BCUT2D eigenvalue weighted by Gasteiger charge is -2.42. The molecule has 2 fully saturated rings. The molecule has 2 aliphatic heterocycles. The van der Waals surface area contributed by atoms with Gasteiger partial charge in [0.2, 0.25) is 0 Å². The Balaban J connectivity index is 1.20. The number of hydrogen-bond acceptors (Lipinski definition) is 3. The van der Waals surface area contributed by atoms with Crippen LogP contribution < -0.4 is 10.6 Å². The molecule has 24 heavy (non-hydrogen) atoms. The Morgan fingerprint density at radius 2 is 2.00 bits per heavy atom. The van der Waals surface area contributed by atoms with Crippen molar-refractivity contribution in [3.8, 4) is 0 Å². The standard InChI is InChI=1S/C19H27N3O2/c23-19(21-16-9-14-5-1-2-6-15(14)10-16)20-11-18-12-22-8-4-3-7-17(22)13-24-18/h1-2,5-6,16-18H,3-4,7-13H2,(H2,20,21,23)/t17-,18-/m1/s1. The molecule has 3 aliphatic rings. The van der Waals surface area contributed by atoms with Gasteiger partial charge in [-0.15, -0.1) is 0 Å². The van der Waals surface area contributed by atoms with Crippen LogP contribution in [-0.4, -0.2) is 55.4 Å². The van der Waals surface area contributed by atoms with Crippen molar-refractivity contribution in [2.24, 2.45) is 0 Å². The molecule has 2 atom stereocenters. The number of carbonyl (C=O) groups is 1. The van der Waals surface area contributed by atoms with E-state index in [1.54, 1.807) is 0 Å². The molecule has 0 aromatic heterocycles. The molecule has 0 unspecified atom stereocenters. The fourth-order valence-electron chi connectivity index (χ4n) is 4.28. The molecule has 0 spiro atoms. The van der Waals surface area contributed by atoms with Crippen molar-refractivity contribution < 1.29 is 9.53 Å². The third kappa shape index (κ3) is 3.57. The van der Waals surface area contributed by atoms with E-state index in [2.05, 4.69) is 39.8 Å². The number of carbonyl (C=O) groups excluding carboxylic acids is 1. The van der Waals surface area contributed by atoms with Gasteiger partial charge >= 0.3 is 6.03 Å². The van der Waals surface area contributed by atoms with E-state index in [1.807, 2.05) is 0 Å². The molecule has 0 radical (unpaired) electrons. The zero-order chi connectivity index (χ0) is 16.4.